The van der Waals surface area contributed by atoms with Gasteiger partial charge in [-0.3, -0.25) is 14.5 Å². The first kappa shape index (κ1) is 21.6. The predicted octanol–water partition coefficient (Wildman–Crippen LogP) is 1.33. The number of fused-ring (bicyclic) bond motifs is 1. The molecule has 2 aliphatic rings. The van der Waals surface area contributed by atoms with Gasteiger partial charge in [0.25, 0.3) is 0 Å². The fraction of sp³-hybridized carbons (Fsp3) is 0.636. The van der Waals surface area contributed by atoms with E-state index >= 15 is 0 Å². The van der Waals surface area contributed by atoms with Crippen molar-refractivity contribution in [1.82, 2.24) is 15.5 Å². The van der Waals surface area contributed by atoms with Crippen LogP contribution in [-0.4, -0.2) is 69.7 Å². The lowest BCUT2D eigenvalue weighted by Crippen LogP contribution is -2.47. The van der Waals surface area contributed by atoms with Gasteiger partial charge in [-0.15, -0.1) is 0 Å². The lowest BCUT2D eigenvalue weighted by atomic mass is 9.95. The van der Waals surface area contributed by atoms with Crippen LogP contribution in [0.3, 0.4) is 0 Å². The molecule has 0 aromatic heterocycles. The number of carbonyl (C=O) groups is 2. The summed E-state index contributed by atoms with van der Waals surface area (Å²) in [6.45, 7) is 9.00. The van der Waals surface area contributed by atoms with Crippen molar-refractivity contribution >= 4 is 17.5 Å². The Balaban J connectivity index is 1.72. The summed E-state index contributed by atoms with van der Waals surface area (Å²) in [4.78, 5) is 29.0. The fourth-order valence-electron chi connectivity index (χ4n) is 4.01. The molecule has 2 aliphatic heterocycles. The number of hydrogen-bond donors (Lipinski definition) is 2. The molecule has 0 aliphatic carbocycles. The van der Waals surface area contributed by atoms with Crippen LogP contribution in [-0.2, 0) is 20.7 Å². The summed E-state index contributed by atoms with van der Waals surface area (Å²) in [6.07, 6.45) is 2.23. The van der Waals surface area contributed by atoms with E-state index in [1.807, 2.05) is 13.8 Å². The van der Waals surface area contributed by atoms with Crippen LogP contribution < -0.4 is 15.5 Å². The number of nitrogens with zero attached hydrogens (tertiary/aromatic N) is 2. The number of rotatable bonds is 6. The topological polar surface area (TPSA) is 73.9 Å². The van der Waals surface area contributed by atoms with Crippen molar-refractivity contribution in [1.29, 1.82) is 0 Å². The van der Waals surface area contributed by atoms with Gasteiger partial charge in [-0.25, -0.2) is 0 Å². The third-order valence-electron chi connectivity index (χ3n) is 5.66. The highest BCUT2D eigenvalue weighted by molar-refractivity contribution is 6.35. The molecule has 7 heteroatoms. The second kappa shape index (κ2) is 10.1. The van der Waals surface area contributed by atoms with Crippen LogP contribution in [0.2, 0.25) is 0 Å². The third-order valence-corrected chi connectivity index (χ3v) is 5.66. The van der Waals surface area contributed by atoms with E-state index in [1.165, 1.54) is 16.8 Å². The molecule has 1 atom stereocenters. The molecule has 2 heterocycles. The Morgan fingerprint density at radius 3 is 2.45 bits per heavy atom. The second-order valence-electron chi connectivity index (χ2n) is 8.39. The van der Waals surface area contributed by atoms with Crippen LogP contribution >= 0.6 is 0 Å². The molecule has 160 valence electrons. The van der Waals surface area contributed by atoms with Crippen LogP contribution in [0, 0.1) is 5.92 Å². The van der Waals surface area contributed by atoms with Crippen molar-refractivity contribution in [2.75, 3.05) is 57.9 Å². The smallest absolute Gasteiger partial charge is 0.309 e. The Morgan fingerprint density at radius 1 is 1.07 bits per heavy atom. The van der Waals surface area contributed by atoms with Crippen molar-refractivity contribution in [2.24, 2.45) is 5.92 Å². The highest BCUT2D eigenvalue weighted by Crippen LogP contribution is 2.30. The number of anilines is 1. The maximum Gasteiger partial charge on any atom is 0.309 e. The quantitative estimate of drug-likeness (QED) is 0.703. The number of benzene rings is 1. The first-order valence-corrected chi connectivity index (χ1v) is 10.7. The first-order valence-electron chi connectivity index (χ1n) is 10.7. The lowest BCUT2D eigenvalue weighted by molar-refractivity contribution is -0.139. The van der Waals surface area contributed by atoms with E-state index in [0.29, 0.717) is 32.2 Å². The average molecular weight is 403 g/mol. The predicted molar refractivity (Wildman–Crippen MR) is 114 cm³/mol. The summed E-state index contributed by atoms with van der Waals surface area (Å²) in [5.41, 5.74) is 3.83. The Labute approximate surface area is 173 Å². The van der Waals surface area contributed by atoms with Crippen molar-refractivity contribution < 1.29 is 14.3 Å². The molecule has 2 N–H and O–H groups in total. The summed E-state index contributed by atoms with van der Waals surface area (Å²) < 4.78 is 5.51. The summed E-state index contributed by atoms with van der Waals surface area (Å²) in [6, 6.07) is 6.65. The molecule has 0 radical (unpaired) electrons. The second-order valence-corrected chi connectivity index (χ2v) is 8.39. The maximum atomic E-state index is 12.3. The van der Waals surface area contributed by atoms with Gasteiger partial charge < -0.3 is 20.3 Å². The van der Waals surface area contributed by atoms with Gasteiger partial charge in [0, 0.05) is 45.5 Å². The van der Waals surface area contributed by atoms with Crippen molar-refractivity contribution in [3.05, 3.63) is 29.3 Å². The monoisotopic (exact) mass is 402 g/mol. The Kier molecular flexibility index (Phi) is 7.50. The van der Waals surface area contributed by atoms with E-state index in [0.717, 1.165) is 32.5 Å². The molecule has 2 amide bonds. The zero-order valence-electron chi connectivity index (χ0n) is 17.9. The summed E-state index contributed by atoms with van der Waals surface area (Å²) >= 11 is 0. The Bertz CT molecular complexity index is 716. The van der Waals surface area contributed by atoms with Gasteiger partial charge in [0.05, 0.1) is 19.3 Å². The maximum absolute atomic E-state index is 12.3. The van der Waals surface area contributed by atoms with E-state index in [4.69, 9.17) is 4.74 Å². The molecule has 7 nitrogen and oxygen atoms in total. The molecule has 0 bridgehead atoms. The minimum absolute atomic E-state index is 0.0262. The van der Waals surface area contributed by atoms with Gasteiger partial charge in [0.2, 0.25) is 0 Å². The van der Waals surface area contributed by atoms with Gasteiger partial charge in [-0.1, -0.05) is 26.0 Å². The SMILES string of the molecule is CC(C)CNC(=O)C(=O)NCC(c1ccc2c(c1)CCCN2C)N1CCOCC1. The number of amides is 2. The largest absolute Gasteiger partial charge is 0.379 e. The number of ether oxygens (including phenoxy) is 1. The summed E-state index contributed by atoms with van der Waals surface area (Å²) in [7, 11) is 2.13. The summed E-state index contributed by atoms with van der Waals surface area (Å²) in [5.74, 6) is -0.824. The number of nitrogens with one attached hydrogen (secondary N) is 2. The van der Waals surface area contributed by atoms with Crippen LogP contribution in [0.25, 0.3) is 0 Å². The first-order chi connectivity index (χ1) is 14.0. The average Bonchev–Trinajstić information content (AvgIpc) is 2.73. The molecule has 0 saturated carbocycles. The van der Waals surface area contributed by atoms with Gasteiger partial charge in [-0.2, -0.15) is 0 Å². The lowest BCUT2D eigenvalue weighted by Gasteiger charge is -2.36. The molecule has 1 aromatic carbocycles. The minimum Gasteiger partial charge on any atom is -0.379 e. The fourth-order valence-corrected chi connectivity index (χ4v) is 4.01. The highest BCUT2D eigenvalue weighted by Gasteiger charge is 2.26. The molecule has 1 aromatic rings. The van der Waals surface area contributed by atoms with E-state index in [1.54, 1.807) is 0 Å². The van der Waals surface area contributed by atoms with E-state index in [2.05, 4.69) is 45.7 Å². The number of aryl methyl sites for hydroxylation is 1. The molecule has 0 spiro atoms. The Hall–Kier alpha value is -2.12. The Morgan fingerprint density at radius 2 is 1.76 bits per heavy atom. The normalized spacial score (nSPS) is 18.3. The van der Waals surface area contributed by atoms with E-state index in [9.17, 15) is 9.59 Å². The zero-order valence-corrected chi connectivity index (χ0v) is 17.9. The van der Waals surface area contributed by atoms with Gasteiger partial charge in [0.15, 0.2) is 0 Å². The van der Waals surface area contributed by atoms with E-state index < -0.39 is 11.8 Å². The van der Waals surface area contributed by atoms with Crippen LogP contribution in [0.4, 0.5) is 5.69 Å². The zero-order chi connectivity index (χ0) is 20.8. The van der Waals surface area contributed by atoms with Crippen molar-refractivity contribution in [2.45, 2.75) is 32.7 Å². The molecule has 3 rings (SSSR count). The van der Waals surface area contributed by atoms with Gasteiger partial charge in [-0.05, 0) is 36.0 Å². The van der Waals surface area contributed by atoms with Gasteiger partial charge >= 0.3 is 11.8 Å². The highest BCUT2D eigenvalue weighted by atomic mass is 16.5. The number of hydrogen-bond acceptors (Lipinski definition) is 5. The van der Waals surface area contributed by atoms with Crippen LogP contribution in [0.5, 0.6) is 0 Å². The molecule has 1 saturated heterocycles. The molecule has 29 heavy (non-hydrogen) atoms. The molecular formula is C22H34N4O3. The van der Waals surface area contributed by atoms with Crippen LogP contribution in [0.1, 0.15) is 37.4 Å². The van der Waals surface area contributed by atoms with E-state index in [-0.39, 0.29) is 6.04 Å². The summed E-state index contributed by atoms with van der Waals surface area (Å²) in [5, 5.41) is 5.53. The molecule has 1 fully saturated rings. The third kappa shape index (κ3) is 5.70. The van der Waals surface area contributed by atoms with Crippen molar-refractivity contribution in [3.8, 4) is 0 Å². The van der Waals surface area contributed by atoms with Crippen molar-refractivity contribution in [3.63, 3.8) is 0 Å². The number of morpholine rings is 1. The molecule has 1 unspecified atom stereocenters. The van der Waals surface area contributed by atoms with Gasteiger partial charge in [0.1, 0.15) is 0 Å². The standard InChI is InChI=1S/C22H34N4O3/c1-16(2)14-23-21(27)22(28)24-15-20(26-9-11-29-12-10-26)18-6-7-19-17(13-18)5-4-8-25(19)3/h6-7,13,16,20H,4-5,8-12,14-15H2,1-3H3,(H,23,27)(H,24,28). The number of carbonyl (C=O) groups excluding carboxylic acids is 2. The van der Waals surface area contributed by atoms with Crippen LogP contribution in [0.15, 0.2) is 18.2 Å². The molecular weight excluding hydrogens is 368 g/mol. The minimum atomic E-state index is -0.568.